The van der Waals surface area contributed by atoms with Crippen LogP contribution >= 0.6 is 0 Å². The van der Waals surface area contributed by atoms with Crippen molar-refractivity contribution in [1.82, 2.24) is 10.2 Å². The number of ether oxygens (including phenoxy) is 1. The number of esters is 1. The summed E-state index contributed by atoms with van der Waals surface area (Å²) in [6, 6.07) is 0. The Morgan fingerprint density at radius 3 is 2.81 bits per heavy atom. The zero-order valence-corrected chi connectivity index (χ0v) is 16.8. The summed E-state index contributed by atoms with van der Waals surface area (Å²) in [5, 5.41) is 14.7. The topological polar surface area (TPSA) is 61.8 Å². The van der Waals surface area contributed by atoms with Gasteiger partial charge in [-0.2, -0.15) is 0 Å². The summed E-state index contributed by atoms with van der Waals surface area (Å²) in [5.41, 5.74) is 1.08. The average Bonchev–Trinajstić information content (AvgIpc) is 2.93. The first-order valence-electron chi connectivity index (χ1n) is 10.4. The quantitative estimate of drug-likeness (QED) is 0.412. The fraction of sp³-hybridized carbons (Fsp3) is 0.857. The largest absolute Gasteiger partial charge is 0.461 e. The van der Waals surface area contributed by atoms with Gasteiger partial charge in [0.15, 0.2) is 0 Å². The second kappa shape index (κ2) is 7.99. The highest BCUT2D eigenvalue weighted by molar-refractivity contribution is 5.76. The molecule has 0 aromatic heterocycles. The lowest BCUT2D eigenvalue weighted by molar-refractivity contribution is -0.144. The normalized spacial score (nSPS) is 39.4. The molecule has 1 saturated carbocycles. The molecule has 5 nitrogen and oxygen atoms in total. The number of allylic oxidation sites excluding steroid dienone is 1. The van der Waals surface area contributed by atoms with Crippen LogP contribution in [0.2, 0.25) is 0 Å². The minimum Gasteiger partial charge on any atom is -0.461 e. The van der Waals surface area contributed by atoms with Crippen LogP contribution in [-0.4, -0.2) is 60.9 Å². The Bertz CT molecular complexity index is 545. The van der Waals surface area contributed by atoms with Crippen molar-refractivity contribution in [3.8, 4) is 0 Å². The number of nitrogens with one attached hydrogen (secondary N) is 1. The third-order valence-corrected chi connectivity index (χ3v) is 7.43. The highest BCUT2D eigenvalue weighted by Crippen LogP contribution is 2.55. The van der Waals surface area contributed by atoms with Crippen LogP contribution in [0.3, 0.4) is 0 Å². The van der Waals surface area contributed by atoms with Gasteiger partial charge >= 0.3 is 5.97 Å². The molecule has 1 saturated heterocycles. The van der Waals surface area contributed by atoms with E-state index in [1.807, 2.05) is 0 Å². The van der Waals surface area contributed by atoms with Gasteiger partial charge < -0.3 is 20.1 Å². The molecule has 0 aromatic carbocycles. The molecule has 1 heterocycles. The number of carbonyl (C=O) groups excluding carboxylic acids is 1. The Kier molecular flexibility index (Phi) is 6.10. The summed E-state index contributed by atoms with van der Waals surface area (Å²) < 4.78 is 5.71. The maximum absolute atomic E-state index is 12.5. The zero-order valence-electron chi connectivity index (χ0n) is 16.8. The van der Waals surface area contributed by atoms with E-state index in [0.29, 0.717) is 12.5 Å². The van der Waals surface area contributed by atoms with Gasteiger partial charge in [-0.15, -0.1) is 0 Å². The number of hydrogen-bond acceptors (Lipinski definition) is 5. The van der Waals surface area contributed by atoms with Crippen molar-refractivity contribution in [3.63, 3.8) is 0 Å². The molecule has 0 aromatic rings. The van der Waals surface area contributed by atoms with Crippen molar-refractivity contribution in [3.05, 3.63) is 11.6 Å². The Morgan fingerprint density at radius 1 is 1.38 bits per heavy atom. The van der Waals surface area contributed by atoms with E-state index >= 15 is 0 Å². The Hall–Kier alpha value is -0.910. The fourth-order valence-corrected chi connectivity index (χ4v) is 5.33. The van der Waals surface area contributed by atoms with Gasteiger partial charge in [0.2, 0.25) is 0 Å². The third-order valence-electron chi connectivity index (χ3n) is 7.43. The molecule has 2 aliphatic carbocycles. The van der Waals surface area contributed by atoms with E-state index in [-0.39, 0.29) is 29.3 Å². The van der Waals surface area contributed by atoms with Gasteiger partial charge in [0.25, 0.3) is 0 Å². The maximum Gasteiger partial charge on any atom is 0.311 e. The molecule has 148 valence electrons. The molecule has 6 atom stereocenters. The van der Waals surface area contributed by atoms with Gasteiger partial charge in [0.05, 0.1) is 12.0 Å². The van der Waals surface area contributed by atoms with E-state index in [1.54, 1.807) is 0 Å². The van der Waals surface area contributed by atoms with Crippen molar-refractivity contribution < 1.29 is 14.6 Å². The van der Waals surface area contributed by atoms with Crippen LogP contribution < -0.4 is 5.32 Å². The van der Waals surface area contributed by atoms with E-state index in [0.717, 1.165) is 45.4 Å². The lowest BCUT2D eigenvalue weighted by Gasteiger charge is -2.51. The Balaban J connectivity index is 1.67. The second-order valence-corrected chi connectivity index (χ2v) is 8.53. The van der Waals surface area contributed by atoms with Gasteiger partial charge in [-0.25, -0.2) is 0 Å². The molecule has 0 spiro atoms. The first kappa shape index (κ1) is 19.8. The Labute approximate surface area is 158 Å². The van der Waals surface area contributed by atoms with Gasteiger partial charge in [-0.1, -0.05) is 39.3 Å². The molecule has 1 aliphatic heterocycles. The summed E-state index contributed by atoms with van der Waals surface area (Å²) >= 11 is 0. The molecule has 3 rings (SSSR count). The summed E-state index contributed by atoms with van der Waals surface area (Å²) in [6.07, 6.45) is 4.59. The molecule has 5 heteroatoms. The second-order valence-electron chi connectivity index (χ2n) is 8.53. The molecular formula is C21H36N2O3. The highest BCUT2D eigenvalue weighted by Gasteiger charge is 2.59. The smallest absolute Gasteiger partial charge is 0.311 e. The number of aliphatic hydroxyl groups excluding tert-OH is 1. The van der Waals surface area contributed by atoms with Gasteiger partial charge in [0, 0.05) is 37.4 Å². The molecular weight excluding hydrogens is 328 g/mol. The zero-order chi connectivity index (χ0) is 18.9. The monoisotopic (exact) mass is 364 g/mol. The van der Waals surface area contributed by atoms with Crippen molar-refractivity contribution in [2.24, 2.45) is 23.2 Å². The predicted octanol–water partition coefficient (Wildman–Crippen LogP) is 2.20. The first-order valence-corrected chi connectivity index (χ1v) is 10.4. The molecule has 0 radical (unpaired) electrons. The number of aliphatic hydroxyl groups is 1. The lowest BCUT2D eigenvalue weighted by atomic mass is 9.55. The highest BCUT2D eigenvalue weighted by atomic mass is 16.6. The number of rotatable bonds is 7. The minimum absolute atomic E-state index is 0.0915. The van der Waals surface area contributed by atoms with E-state index < -0.39 is 6.10 Å². The van der Waals surface area contributed by atoms with Crippen LogP contribution in [0, 0.1) is 23.2 Å². The van der Waals surface area contributed by atoms with Gasteiger partial charge in [0.1, 0.15) is 6.10 Å². The Morgan fingerprint density at radius 2 is 2.12 bits per heavy atom. The maximum atomic E-state index is 12.5. The van der Waals surface area contributed by atoms with E-state index in [9.17, 15) is 9.90 Å². The molecule has 0 unspecified atom stereocenters. The van der Waals surface area contributed by atoms with Gasteiger partial charge in [-0.05, 0) is 31.8 Å². The predicted molar refractivity (Wildman–Crippen MR) is 103 cm³/mol. The third kappa shape index (κ3) is 3.34. The van der Waals surface area contributed by atoms with Crippen LogP contribution in [0.1, 0.15) is 47.0 Å². The van der Waals surface area contributed by atoms with Gasteiger partial charge in [-0.3, -0.25) is 4.79 Å². The van der Waals surface area contributed by atoms with Crippen molar-refractivity contribution in [2.75, 3.05) is 32.7 Å². The number of fused-ring (bicyclic) bond motifs is 2. The van der Waals surface area contributed by atoms with Crippen LogP contribution in [0.5, 0.6) is 0 Å². The van der Waals surface area contributed by atoms with E-state index in [2.05, 4.69) is 44.0 Å². The molecule has 0 amide bonds. The van der Waals surface area contributed by atoms with Crippen molar-refractivity contribution >= 4 is 5.97 Å². The number of likely N-dealkylation sites (N-methyl/N-ethyl adjacent to an activating group) is 1. The number of carbonyl (C=O) groups is 1. The summed E-state index contributed by atoms with van der Waals surface area (Å²) in [6.45, 7) is 13.3. The molecule has 3 aliphatic rings. The standard InChI is InChI=1S/C21H36N2O3/c1-5-23(6-2)11-10-22-13-16-18-17(26-20(16)25)12-15-9-7-8-14(3)21(15,4)19(18)24/h9,14,16-19,22,24H,5-8,10-13H2,1-4H3/t14-,16+,17+,18-,19-,21+/m1/s1. The molecule has 0 bridgehead atoms. The van der Waals surface area contributed by atoms with Crippen molar-refractivity contribution in [1.29, 1.82) is 0 Å². The van der Waals surface area contributed by atoms with Crippen molar-refractivity contribution in [2.45, 2.75) is 59.2 Å². The van der Waals surface area contributed by atoms with Crippen LogP contribution in [0.25, 0.3) is 0 Å². The molecule has 2 fully saturated rings. The van der Waals surface area contributed by atoms with Crippen LogP contribution in [0.15, 0.2) is 11.6 Å². The van der Waals surface area contributed by atoms with E-state index in [1.165, 1.54) is 5.57 Å². The fourth-order valence-electron chi connectivity index (χ4n) is 5.33. The first-order chi connectivity index (χ1) is 12.4. The number of hydrogen-bond donors (Lipinski definition) is 2. The summed E-state index contributed by atoms with van der Waals surface area (Å²) in [7, 11) is 0. The average molecular weight is 365 g/mol. The lowest BCUT2D eigenvalue weighted by Crippen LogP contribution is -2.54. The number of nitrogens with zero attached hydrogens (tertiary/aromatic N) is 1. The minimum atomic E-state index is -0.510. The molecule has 2 N–H and O–H groups in total. The van der Waals surface area contributed by atoms with E-state index in [4.69, 9.17) is 4.74 Å². The SMILES string of the molecule is CCN(CC)CCNC[C@@H]1C(=O)O[C@H]2CC3=CCC[C@@H](C)[C@]3(C)[C@H](O)[C@@H]21. The summed E-state index contributed by atoms with van der Waals surface area (Å²) in [5.74, 6) is -0.0272. The van der Waals surface area contributed by atoms with Crippen LogP contribution in [-0.2, 0) is 9.53 Å². The summed E-state index contributed by atoms with van der Waals surface area (Å²) in [4.78, 5) is 14.9. The molecule has 26 heavy (non-hydrogen) atoms. The van der Waals surface area contributed by atoms with Crippen LogP contribution in [0.4, 0.5) is 0 Å².